The first-order valence-corrected chi connectivity index (χ1v) is 6.02. The van der Waals surface area contributed by atoms with Gasteiger partial charge in [-0.25, -0.2) is 0 Å². The molecule has 1 aliphatic rings. The Morgan fingerprint density at radius 3 is 2.95 bits per heavy atom. The van der Waals surface area contributed by atoms with Crippen LogP contribution < -0.4 is 10.2 Å². The number of rotatable bonds is 2. The van der Waals surface area contributed by atoms with E-state index in [0.717, 1.165) is 28.1 Å². The van der Waals surface area contributed by atoms with Crippen LogP contribution >= 0.6 is 0 Å². The van der Waals surface area contributed by atoms with Crippen LogP contribution in [0.2, 0.25) is 0 Å². The third-order valence-corrected chi connectivity index (χ3v) is 3.10. The Kier molecular flexibility index (Phi) is 2.98. The van der Waals surface area contributed by atoms with Crippen LogP contribution in [-0.2, 0) is 11.3 Å². The van der Waals surface area contributed by atoms with Crippen molar-refractivity contribution in [3.8, 4) is 17.6 Å². The summed E-state index contributed by atoms with van der Waals surface area (Å²) in [5, 5.41) is 8.84. The minimum atomic E-state index is 0.596. The molecule has 0 spiro atoms. The van der Waals surface area contributed by atoms with Crippen LogP contribution in [0.15, 0.2) is 36.4 Å². The zero-order chi connectivity index (χ0) is 13.2. The summed E-state index contributed by atoms with van der Waals surface area (Å²) in [5.74, 6) is 1.55. The fraction of sp³-hybridized carbons (Fsp3) is 0.133. The molecule has 1 heterocycles. The first-order valence-electron chi connectivity index (χ1n) is 6.02. The Morgan fingerprint density at radius 1 is 1.26 bits per heavy atom. The Bertz CT molecular complexity index is 676. The normalized spacial score (nSPS) is 12.4. The van der Waals surface area contributed by atoms with Gasteiger partial charge in [-0.3, -0.25) is 0 Å². The van der Waals surface area contributed by atoms with Crippen molar-refractivity contribution in [2.75, 3.05) is 0 Å². The lowest BCUT2D eigenvalue weighted by molar-refractivity contribution is 0.344. The lowest BCUT2D eigenvalue weighted by atomic mass is 9.87. The summed E-state index contributed by atoms with van der Waals surface area (Å²) in [5.41, 5.74) is 3.82. The fourth-order valence-corrected chi connectivity index (χ4v) is 2.07. The van der Waals surface area contributed by atoms with E-state index in [2.05, 4.69) is 6.07 Å². The fourth-order valence-electron chi connectivity index (χ4n) is 2.07. The molecule has 0 N–H and O–H groups in total. The van der Waals surface area contributed by atoms with Gasteiger partial charge in [0.25, 0.3) is 0 Å². The molecular formula is C15H11BNO2. The maximum Gasteiger partial charge on any atom is 0.330 e. The van der Waals surface area contributed by atoms with Crippen LogP contribution in [0.4, 0.5) is 0 Å². The molecule has 0 aromatic heterocycles. The van der Waals surface area contributed by atoms with Gasteiger partial charge in [-0.15, -0.1) is 0 Å². The molecule has 2 aromatic rings. The minimum absolute atomic E-state index is 0.596. The zero-order valence-corrected chi connectivity index (χ0v) is 10.5. The number of ether oxygens (including phenoxy) is 1. The number of fused-ring (bicyclic) bond motifs is 1. The van der Waals surface area contributed by atoms with Crippen molar-refractivity contribution >= 4 is 12.9 Å². The SMILES string of the molecule is Cc1cc(C#N)ccc1Oc1ccc2c(c1)CO[B]2. The molecule has 2 aromatic carbocycles. The molecule has 19 heavy (non-hydrogen) atoms. The van der Waals surface area contributed by atoms with E-state index in [1.165, 1.54) is 0 Å². The Hall–Kier alpha value is -2.25. The Balaban J connectivity index is 1.87. The van der Waals surface area contributed by atoms with Gasteiger partial charge in [-0.2, -0.15) is 5.26 Å². The van der Waals surface area contributed by atoms with Crippen LogP contribution in [0.5, 0.6) is 11.5 Å². The molecule has 1 aliphatic heterocycles. The molecule has 0 bridgehead atoms. The summed E-state index contributed by atoms with van der Waals surface area (Å²) in [6.07, 6.45) is 0. The minimum Gasteiger partial charge on any atom is -0.457 e. The van der Waals surface area contributed by atoms with Crippen LogP contribution in [0.1, 0.15) is 16.7 Å². The van der Waals surface area contributed by atoms with Gasteiger partial charge in [0.2, 0.25) is 0 Å². The van der Waals surface area contributed by atoms with Gasteiger partial charge in [0.05, 0.1) is 18.2 Å². The molecule has 1 radical (unpaired) electrons. The third kappa shape index (κ3) is 2.33. The highest BCUT2D eigenvalue weighted by atomic mass is 16.5. The monoisotopic (exact) mass is 248 g/mol. The first kappa shape index (κ1) is 11.8. The standard InChI is InChI=1S/C15H11BNO2/c1-10-6-11(8-17)2-5-15(10)19-13-3-4-14-12(7-13)9-18-16-14/h2-7H,9H2,1H3. The molecule has 3 rings (SSSR count). The van der Waals surface area contributed by atoms with E-state index < -0.39 is 0 Å². The van der Waals surface area contributed by atoms with E-state index >= 15 is 0 Å². The Morgan fingerprint density at radius 2 is 2.16 bits per heavy atom. The van der Waals surface area contributed by atoms with Gasteiger partial charge in [0.1, 0.15) is 11.5 Å². The lowest BCUT2D eigenvalue weighted by Gasteiger charge is -2.10. The summed E-state index contributed by atoms with van der Waals surface area (Å²) in [7, 11) is 1.76. The van der Waals surface area contributed by atoms with Crippen molar-refractivity contribution < 1.29 is 9.39 Å². The van der Waals surface area contributed by atoms with Crippen LogP contribution in [0.25, 0.3) is 0 Å². The summed E-state index contributed by atoms with van der Waals surface area (Å²) < 4.78 is 11.1. The topological polar surface area (TPSA) is 42.2 Å². The van der Waals surface area contributed by atoms with E-state index in [1.54, 1.807) is 13.5 Å². The van der Waals surface area contributed by atoms with E-state index in [0.29, 0.717) is 12.2 Å². The van der Waals surface area contributed by atoms with Crippen molar-refractivity contribution in [3.05, 3.63) is 53.1 Å². The highest BCUT2D eigenvalue weighted by molar-refractivity contribution is 6.48. The number of nitrogens with zero attached hydrogens (tertiary/aromatic N) is 1. The second-order valence-electron chi connectivity index (χ2n) is 4.48. The summed E-state index contributed by atoms with van der Waals surface area (Å²) in [6, 6.07) is 13.4. The van der Waals surface area contributed by atoms with E-state index in [9.17, 15) is 0 Å². The predicted molar refractivity (Wildman–Crippen MR) is 72.6 cm³/mol. The summed E-state index contributed by atoms with van der Waals surface area (Å²) in [4.78, 5) is 0. The van der Waals surface area contributed by atoms with Crippen LogP contribution in [0.3, 0.4) is 0 Å². The quantitative estimate of drug-likeness (QED) is 0.766. The van der Waals surface area contributed by atoms with Crippen molar-refractivity contribution in [1.82, 2.24) is 0 Å². The van der Waals surface area contributed by atoms with E-state index in [-0.39, 0.29) is 0 Å². The van der Waals surface area contributed by atoms with Gasteiger partial charge < -0.3 is 9.39 Å². The van der Waals surface area contributed by atoms with Crippen molar-refractivity contribution in [1.29, 1.82) is 5.26 Å². The highest BCUT2D eigenvalue weighted by Gasteiger charge is 2.14. The van der Waals surface area contributed by atoms with Gasteiger partial charge in [-0.1, -0.05) is 6.07 Å². The highest BCUT2D eigenvalue weighted by Crippen LogP contribution is 2.26. The summed E-state index contributed by atoms with van der Waals surface area (Å²) >= 11 is 0. The van der Waals surface area contributed by atoms with E-state index in [4.69, 9.17) is 14.7 Å². The van der Waals surface area contributed by atoms with Crippen molar-refractivity contribution in [2.24, 2.45) is 0 Å². The molecule has 0 aliphatic carbocycles. The molecule has 3 nitrogen and oxygen atoms in total. The molecule has 0 amide bonds. The average Bonchev–Trinajstić information content (AvgIpc) is 2.88. The third-order valence-electron chi connectivity index (χ3n) is 3.10. The molecule has 4 heteroatoms. The second kappa shape index (κ2) is 4.79. The molecule has 0 saturated heterocycles. The maximum atomic E-state index is 8.84. The van der Waals surface area contributed by atoms with Crippen molar-refractivity contribution in [3.63, 3.8) is 0 Å². The molecule has 0 fully saturated rings. The molecule has 0 unspecified atom stereocenters. The number of hydrogen-bond acceptors (Lipinski definition) is 3. The van der Waals surface area contributed by atoms with Crippen LogP contribution in [-0.4, -0.2) is 7.48 Å². The van der Waals surface area contributed by atoms with Gasteiger partial charge in [-0.05, 0) is 53.8 Å². The molecule has 91 valence electrons. The number of nitriles is 1. The first-order chi connectivity index (χ1) is 9.26. The maximum absolute atomic E-state index is 8.84. The Labute approximate surface area is 112 Å². The number of aryl methyl sites for hydroxylation is 1. The smallest absolute Gasteiger partial charge is 0.330 e. The predicted octanol–water partition coefficient (Wildman–Crippen LogP) is 2.43. The van der Waals surface area contributed by atoms with Gasteiger partial charge in [0.15, 0.2) is 0 Å². The zero-order valence-electron chi connectivity index (χ0n) is 10.5. The van der Waals surface area contributed by atoms with Gasteiger partial charge in [0, 0.05) is 0 Å². The second-order valence-corrected chi connectivity index (χ2v) is 4.48. The largest absolute Gasteiger partial charge is 0.457 e. The molecule has 0 atom stereocenters. The van der Waals surface area contributed by atoms with Gasteiger partial charge >= 0.3 is 7.48 Å². The average molecular weight is 248 g/mol. The summed E-state index contributed by atoms with van der Waals surface area (Å²) in [6.45, 7) is 2.53. The number of benzene rings is 2. The van der Waals surface area contributed by atoms with E-state index in [1.807, 2.05) is 37.3 Å². The lowest BCUT2D eigenvalue weighted by Crippen LogP contribution is -2.10. The van der Waals surface area contributed by atoms with Crippen LogP contribution in [0, 0.1) is 18.3 Å². The molecular weight excluding hydrogens is 237 g/mol. The number of hydrogen-bond donors (Lipinski definition) is 0. The molecule has 0 saturated carbocycles. The van der Waals surface area contributed by atoms with Crippen molar-refractivity contribution in [2.45, 2.75) is 13.5 Å².